The predicted molar refractivity (Wildman–Crippen MR) is 88.7 cm³/mol. The topological polar surface area (TPSA) is 72.9 Å². The Hall–Kier alpha value is -2.22. The molecule has 0 amide bonds. The highest BCUT2D eigenvalue weighted by Gasteiger charge is 2.22. The fourth-order valence-electron chi connectivity index (χ4n) is 2.05. The van der Waals surface area contributed by atoms with Gasteiger partial charge in [0.25, 0.3) is 10.0 Å². The normalized spacial score (nSPS) is 12.8. The molecular formula is C17H19NO5S. The highest BCUT2D eigenvalue weighted by Crippen LogP contribution is 2.20. The van der Waals surface area contributed by atoms with Crippen LogP contribution in [0.4, 0.5) is 0 Å². The zero-order valence-electron chi connectivity index (χ0n) is 13.7. The van der Waals surface area contributed by atoms with E-state index in [1.54, 1.807) is 6.92 Å². The molecule has 0 aliphatic heterocycles. The third-order valence-electron chi connectivity index (χ3n) is 3.52. The molecule has 0 radical (unpaired) electrons. The molecule has 0 heterocycles. The van der Waals surface area contributed by atoms with E-state index < -0.39 is 22.1 Å². The van der Waals surface area contributed by atoms with Crippen LogP contribution >= 0.6 is 0 Å². The summed E-state index contributed by atoms with van der Waals surface area (Å²) in [6.45, 7) is 1.76. The van der Waals surface area contributed by atoms with Gasteiger partial charge in [0.15, 0.2) is 0 Å². The minimum atomic E-state index is -3.82. The predicted octanol–water partition coefficient (Wildman–Crippen LogP) is 2.79. The lowest BCUT2D eigenvalue weighted by molar-refractivity contribution is -0.0258. The van der Waals surface area contributed by atoms with Gasteiger partial charge in [0, 0.05) is 7.05 Å². The summed E-state index contributed by atoms with van der Waals surface area (Å²) in [7, 11) is -1.30. The van der Waals surface area contributed by atoms with Gasteiger partial charge in [-0.05, 0) is 30.7 Å². The van der Waals surface area contributed by atoms with Gasteiger partial charge in [-0.25, -0.2) is 13.2 Å². The highest BCUT2D eigenvalue weighted by molar-refractivity contribution is 7.89. The number of hydrogen-bond acceptors (Lipinski definition) is 5. The Balaban J connectivity index is 2.21. The minimum Gasteiger partial charge on any atom is -0.454 e. The summed E-state index contributed by atoms with van der Waals surface area (Å²) in [4.78, 5) is 17.0. The number of ether oxygens (including phenoxy) is 1. The van der Waals surface area contributed by atoms with Crippen LogP contribution in [0.15, 0.2) is 59.5 Å². The van der Waals surface area contributed by atoms with E-state index in [1.807, 2.05) is 30.3 Å². The van der Waals surface area contributed by atoms with Gasteiger partial charge < -0.3 is 4.74 Å². The van der Waals surface area contributed by atoms with Gasteiger partial charge >= 0.3 is 5.97 Å². The van der Waals surface area contributed by atoms with Gasteiger partial charge in [0.2, 0.25) is 0 Å². The zero-order valence-corrected chi connectivity index (χ0v) is 14.5. The molecule has 0 unspecified atom stereocenters. The van der Waals surface area contributed by atoms with Crippen molar-refractivity contribution in [3.63, 3.8) is 0 Å². The highest BCUT2D eigenvalue weighted by atomic mass is 32.2. The van der Waals surface area contributed by atoms with Crippen LogP contribution in [0.3, 0.4) is 0 Å². The van der Waals surface area contributed by atoms with Crippen molar-refractivity contribution < 1.29 is 22.8 Å². The van der Waals surface area contributed by atoms with Crippen LogP contribution in [0.1, 0.15) is 28.9 Å². The quantitative estimate of drug-likeness (QED) is 0.592. The minimum absolute atomic E-state index is 0.0475. The first-order chi connectivity index (χ1) is 11.4. The van der Waals surface area contributed by atoms with E-state index in [4.69, 9.17) is 9.57 Å². The Morgan fingerprint density at radius 2 is 1.75 bits per heavy atom. The average Bonchev–Trinajstić information content (AvgIpc) is 2.61. The van der Waals surface area contributed by atoms with Crippen molar-refractivity contribution in [1.29, 1.82) is 0 Å². The molecule has 0 saturated heterocycles. The van der Waals surface area contributed by atoms with E-state index in [0.717, 1.165) is 10.0 Å². The van der Waals surface area contributed by atoms with Gasteiger partial charge in [-0.1, -0.05) is 40.9 Å². The second kappa shape index (κ2) is 7.57. The maximum atomic E-state index is 12.3. The van der Waals surface area contributed by atoms with Crippen molar-refractivity contribution in [2.45, 2.75) is 17.9 Å². The smallest absolute Gasteiger partial charge is 0.338 e. The number of rotatable bonds is 6. The van der Waals surface area contributed by atoms with Gasteiger partial charge in [0.05, 0.1) is 17.6 Å². The monoisotopic (exact) mass is 349 g/mol. The fourth-order valence-corrected chi connectivity index (χ4v) is 3.07. The number of benzene rings is 2. The number of nitrogens with zero attached hydrogens (tertiary/aromatic N) is 1. The lowest BCUT2D eigenvalue weighted by atomic mass is 10.1. The van der Waals surface area contributed by atoms with E-state index in [2.05, 4.69) is 0 Å². The van der Waals surface area contributed by atoms with E-state index >= 15 is 0 Å². The van der Waals surface area contributed by atoms with Crippen molar-refractivity contribution in [3.05, 3.63) is 65.7 Å². The number of hydrogen-bond donors (Lipinski definition) is 0. The van der Waals surface area contributed by atoms with Gasteiger partial charge in [-0.15, -0.1) is 0 Å². The Bertz CT molecular complexity index is 805. The second-order valence-corrected chi connectivity index (χ2v) is 7.02. The molecule has 0 bridgehead atoms. The van der Waals surface area contributed by atoms with Crippen LogP contribution in [0.25, 0.3) is 0 Å². The van der Waals surface area contributed by atoms with E-state index in [-0.39, 0.29) is 10.5 Å². The van der Waals surface area contributed by atoms with E-state index in [1.165, 1.54) is 38.4 Å². The Morgan fingerprint density at radius 1 is 1.08 bits per heavy atom. The summed E-state index contributed by atoms with van der Waals surface area (Å²) < 4.78 is 30.6. The zero-order chi connectivity index (χ0) is 17.7. The summed E-state index contributed by atoms with van der Waals surface area (Å²) in [6, 6.07) is 14.9. The summed E-state index contributed by atoms with van der Waals surface area (Å²) >= 11 is 0. The lowest BCUT2D eigenvalue weighted by Crippen LogP contribution is -2.26. The molecule has 0 spiro atoms. The average molecular weight is 349 g/mol. The van der Waals surface area contributed by atoms with E-state index in [9.17, 15) is 13.2 Å². The van der Waals surface area contributed by atoms with Crippen LogP contribution < -0.4 is 0 Å². The van der Waals surface area contributed by atoms with Crippen LogP contribution in [-0.2, 0) is 19.6 Å². The Morgan fingerprint density at radius 3 is 2.38 bits per heavy atom. The largest absolute Gasteiger partial charge is 0.454 e. The molecule has 128 valence electrons. The number of hydroxylamine groups is 1. The summed E-state index contributed by atoms with van der Waals surface area (Å²) in [5.74, 6) is -0.594. The van der Waals surface area contributed by atoms with Crippen LogP contribution in [-0.4, -0.2) is 33.0 Å². The number of carbonyl (C=O) groups is 1. The van der Waals surface area contributed by atoms with Crippen LogP contribution in [0.5, 0.6) is 0 Å². The first kappa shape index (κ1) is 18.1. The molecule has 0 saturated carbocycles. The van der Waals surface area contributed by atoms with Crippen LogP contribution in [0, 0.1) is 0 Å². The molecule has 0 N–H and O–H groups in total. The summed E-state index contributed by atoms with van der Waals surface area (Å²) in [5.41, 5.74) is 1.01. The molecule has 24 heavy (non-hydrogen) atoms. The molecule has 2 aromatic carbocycles. The first-order valence-corrected chi connectivity index (χ1v) is 8.69. The van der Waals surface area contributed by atoms with Crippen molar-refractivity contribution >= 4 is 16.0 Å². The molecule has 2 rings (SSSR count). The number of esters is 1. The summed E-state index contributed by atoms with van der Waals surface area (Å²) in [6.07, 6.45) is -0.444. The first-order valence-electron chi connectivity index (χ1n) is 7.25. The van der Waals surface area contributed by atoms with Crippen molar-refractivity contribution in [2.75, 3.05) is 14.2 Å². The Kier molecular flexibility index (Phi) is 5.71. The van der Waals surface area contributed by atoms with Gasteiger partial charge in [-0.3, -0.25) is 4.84 Å². The number of carbonyl (C=O) groups excluding carboxylic acids is 1. The standard InChI is InChI=1S/C17H19NO5S/c1-13(14-8-5-4-6-9-14)23-17(19)15-10-7-11-16(12-15)24(20,21)18(2)22-3/h4-13H,1-3H3/t13-/m1/s1. The molecule has 0 aliphatic rings. The van der Waals surface area contributed by atoms with E-state index in [0.29, 0.717) is 0 Å². The molecule has 1 atom stereocenters. The SMILES string of the molecule is CON(C)S(=O)(=O)c1cccc(C(=O)O[C@H](C)c2ccccc2)c1. The lowest BCUT2D eigenvalue weighted by Gasteiger charge is -2.16. The molecular weight excluding hydrogens is 330 g/mol. The maximum Gasteiger partial charge on any atom is 0.338 e. The van der Waals surface area contributed by atoms with Crippen LogP contribution in [0.2, 0.25) is 0 Å². The maximum absolute atomic E-state index is 12.3. The molecule has 7 heteroatoms. The van der Waals surface area contributed by atoms with Crippen molar-refractivity contribution in [1.82, 2.24) is 4.47 Å². The third-order valence-corrected chi connectivity index (χ3v) is 5.19. The second-order valence-electron chi connectivity index (χ2n) is 5.08. The van der Waals surface area contributed by atoms with Crippen molar-refractivity contribution in [2.24, 2.45) is 0 Å². The molecule has 0 aromatic heterocycles. The molecule has 6 nitrogen and oxygen atoms in total. The summed E-state index contributed by atoms with van der Waals surface area (Å²) in [5, 5.41) is 0. The van der Waals surface area contributed by atoms with Gasteiger partial charge in [-0.2, -0.15) is 0 Å². The van der Waals surface area contributed by atoms with Crippen molar-refractivity contribution in [3.8, 4) is 0 Å². The molecule has 0 fully saturated rings. The Labute approximate surface area is 141 Å². The van der Waals surface area contributed by atoms with Gasteiger partial charge in [0.1, 0.15) is 6.10 Å². The molecule has 0 aliphatic carbocycles. The molecule has 2 aromatic rings. The fraction of sp³-hybridized carbons (Fsp3) is 0.235. The number of sulfonamides is 1. The third kappa shape index (κ3) is 4.00.